The number of Topliss-reactive ketones (excluding diaryl/α,β-unsaturated/α-hetero) is 2. The molecule has 0 amide bonds. The van der Waals surface area contributed by atoms with Crippen LogP contribution in [0.25, 0.3) is 21.8 Å². The molecule has 0 aliphatic heterocycles. The number of rotatable bonds is 8. The van der Waals surface area contributed by atoms with Crippen molar-refractivity contribution in [2.24, 2.45) is 25.9 Å². The molecule has 46 heavy (non-hydrogen) atoms. The molecule has 236 valence electrons. The summed E-state index contributed by atoms with van der Waals surface area (Å²) >= 11 is 6.94. The van der Waals surface area contributed by atoms with Gasteiger partial charge in [0.25, 0.3) is 0 Å². The molecule has 0 bridgehead atoms. The van der Waals surface area contributed by atoms with Crippen molar-refractivity contribution in [3.8, 4) is 0 Å². The molecule has 2 fully saturated rings. The van der Waals surface area contributed by atoms with Crippen LogP contribution in [0.3, 0.4) is 0 Å². The van der Waals surface area contributed by atoms with Gasteiger partial charge in [0.2, 0.25) is 0 Å². The van der Waals surface area contributed by atoms with Crippen molar-refractivity contribution in [3.63, 3.8) is 0 Å². The molecular formula is C36H36Br2N6O2. The van der Waals surface area contributed by atoms with Crippen molar-refractivity contribution in [1.82, 2.24) is 29.5 Å². The van der Waals surface area contributed by atoms with E-state index in [4.69, 9.17) is 0 Å². The fourth-order valence-corrected chi connectivity index (χ4v) is 7.86. The Bertz CT molecular complexity index is 1970. The molecule has 6 aromatic rings. The number of aromatic nitrogens is 6. The summed E-state index contributed by atoms with van der Waals surface area (Å²) in [5.41, 5.74) is 5.67. The number of aromatic amines is 2. The molecule has 2 saturated carbocycles. The number of halogens is 2. The lowest BCUT2D eigenvalue weighted by Crippen LogP contribution is -2.15. The van der Waals surface area contributed by atoms with Gasteiger partial charge in [0.1, 0.15) is 0 Å². The minimum atomic E-state index is -0.0385. The van der Waals surface area contributed by atoms with Crippen LogP contribution in [0, 0.1) is 11.8 Å². The Kier molecular flexibility index (Phi) is 7.71. The molecule has 0 radical (unpaired) electrons. The van der Waals surface area contributed by atoms with Gasteiger partial charge in [0, 0.05) is 80.9 Å². The number of nitrogens with zero attached hydrogens (tertiary/aromatic N) is 4. The van der Waals surface area contributed by atoms with E-state index in [1.807, 2.05) is 96.8 Å². The van der Waals surface area contributed by atoms with Crippen molar-refractivity contribution in [2.45, 2.75) is 50.4 Å². The highest BCUT2D eigenvalue weighted by Crippen LogP contribution is 2.57. The molecule has 0 unspecified atom stereocenters. The van der Waals surface area contributed by atoms with E-state index in [-0.39, 0.29) is 22.4 Å². The zero-order chi connectivity index (χ0) is 32.4. The van der Waals surface area contributed by atoms with Crippen LogP contribution in [-0.2, 0) is 24.9 Å². The van der Waals surface area contributed by atoms with Crippen LogP contribution in [0.2, 0.25) is 0 Å². The van der Waals surface area contributed by atoms with Crippen LogP contribution in [-0.4, -0.2) is 41.1 Å². The van der Waals surface area contributed by atoms with E-state index >= 15 is 0 Å². The number of H-pyrrole nitrogens is 2. The summed E-state index contributed by atoms with van der Waals surface area (Å²) in [5.74, 6) is 1.39. The predicted octanol–water partition coefficient (Wildman–Crippen LogP) is 8.43. The molecule has 10 heteroatoms. The van der Waals surface area contributed by atoms with Crippen LogP contribution in [0.5, 0.6) is 0 Å². The largest absolute Gasteiger partial charge is 0.352 e. The van der Waals surface area contributed by atoms with E-state index in [0.717, 1.165) is 43.6 Å². The van der Waals surface area contributed by atoms with Gasteiger partial charge in [-0.3, -0.25) is 19.0 Å². The van der Waals surface area contributed by atoms with Gasteiger partial charge < -0.3 is 9.97 Å². The monoisotopic (exact) mass is 742 g/mol. The molecule has 2 aromatic carbocycles. The molecule has 2 aliphatic carbocycles. The topological polar surface area (TPSA) is 101 Å². The highest BCUT2D eigenvalue weighted by molar-refractivity contribution is 9.10. The zero-order valence-electron chi connectivity index (χ0n) is 26.3. The summed E-state index contributed by atoms with van der Waals surface area (Å²) < 4.78 is 5.66. The second-order valence-electron chi connectivity index (χ2n) is 13.4. The van der Waals surface area contributed by atoms with E-state index in [1.165, 1.54) is 11.1 Å². The number of fused-ring (bicyclic) bond motifs is 2. The average Bonchev–Trinajstić information content (AvgIpc) is 3.49. The highest BCUT2D eigenvalue weighted by atomic mass is 79.9. The summed E-state index contributed by atoms with van der Waals surface area (Å²) in [6.07, 6.45) is 11.1. The van der Waals surface area contributed by atoms with Gasteiger partial charge in [0.15, 0.2) is 11.6 Å². The first-order valence-corrected chi connectivity index (χ1v) is 17.2. The maximum atomic E-state index is 12.8. The Labute approximate surface area is 284 Å². The Morgan fingerprint density at radius 2 is 1.13 bits per heavy atom. The number of aryl methyl sites for hydroxylation is 2. The van der Waals surface area contributed by atoms with Crippen LogP contribution >= 0.6 is 31.9 Å². The number of carbonyl (C=O) groups excluding carboxylic acids is 2. The van der Waals surface area contributed by atoms with E-state index in [0.29, 0.717) is 36.1 Å². The van der Waals surface area contributed by atoms with Gasteiger partial charge in [-0.05, 0) is 84.3 Å². The quantitative estimate of drug-likeness (QED) is 0.153. The summed E-state index contributed by atoms with van der Waals surface area (Å²) in [5, 5.41) is 10.7. The molecule has 0 spiro atoms. The third-order valence-electron chi connectivity index (χ3n) is 10.2. The van der Waals surface area contributed by atoms with E-state index < -0.39 is 0 Å². The summed E-state index contributed by atoms with van der Waals surface area (Å²) in [4.78, 5) is 32.1. The fraction of sp³-hybridized carbons (Fsp3) is 0.333. The average molecular weight is 745 g/mol. The standard InChI is InChI=1S/2C18H18BrN3O/c2*1-11-7-18(11,13-9-20-22(2)10-13)8-17(23)16-6-12-5-14(19)3-4-15(12)21-16/h2*3-6,9-11,21H,7-8H2,1-2H3/t2*11-,18-/m10/s1. The van der Waals surface area contributed by atoms with Crippen molar-refractivity contribution in [3.05, 3.63) is 105 Å². The van der Waals surface area contributed by atoms with Crippen LogP contribution in [0.1, 0.15) is 71.6 Å². The molecule has 2 N–H and O–H groups in total. The molecule has 4 aromatic heterocycles. The number of hydrogen-bond donors (Lipinski definition) is 2. The van der Waals surface area contributed by atoms with Crippen molar-refractivity contribution in [2.75, 3.05) is 0 Å². The van der Waals surface area contributed by atoms with Crippen LogP contribution < -0.4 is 0 Å². The minimum absolute atomic E-state index is 0.0385. The molecule has 2 aliphatic rings. The Morgan fingerprint density at radius 1 is 0.739 bits per heavy atom. The van der Waals surface area contributed by atoms with E-state index in [9.17, 15) is 9.59 Å². The third kappa shape index (κ3) is 5.70. The fourth-order valence-electron chi connectivity index (χ4n) is 7.10. The zero-order valence-corrected chi connectivity index (χ0v) is 29.4. The first-order valence-electron chi connectivity index (χ1n) is 15.6. The minimum Gasteiger partial charge on any atom is -0.352 e. The van der Waals surface area contributed by atoms with Crippen molar-refractivity contribution in [1.29, 1.82) is 0 Å². The number of hydrogen-bond acceptors (Lipinski definition) is 4. The normalized spacial score (nSPS) is 23.3. The Morgan fingerprint density at radius 3 is 1.46 bits per heavy atom. The van der Waals surface area contributed by atoms with Crippen molar-refractivity contribution < 1.29 is 9.59 Å². The molecule has 4 heterocycles. The second kappa shape index (κ2) is 11.5. The number of benzene rings is 2. The van der Waals surface area contributed by atoms with Crippen LogP contribution in [0.15, 0.2) is 82.3 Å². The lowest BCUT2D eigenvalue weighted by atomic mass is 9.90. The smallest absolute Gasteiger partial charge is 0.179 e. The van der Waals surface area contributed by atoms with Crippen molar-refractivity contribution >= 4 is 65.2 Å². The van der Waals surface area contributed by atoms with Gasteiger partial charge in [0.05, 0.1) is 23.8 Å². The first-order chi connectivity index (χ1) is 22.0. The molecule has 0 saturated heterocycles. The highest BCUT2D eigenvalue weighted by Gasteiger charge is 2.55. The van der Waals surface area contributed by atoms with Gasteiger partial charge in [-0.15, -0.1) is 0 Å². The van der Waals surface area contributed by atoms with Gasteiger partial charge in [-0.1, -0.05) is 45.7 Å². The first kappa shape index (κ1) is 30.9. The Hall–Kier alpha value is -3.76. The van der Waals surface area contributed by atoms with Gasteiger partial charge in [-0.2, -0.15) is 10.2 Å². The third-order valence-corrected chi connectivity index (χ3v) is 11.2. The molecule has 8 rings (SSSR count). The SMILES string of the molecule is C[C@@H]1C[C@]1(CC(=O)c1cc2cc(Br)ccc2[nH]1)c1cnn(C)c1.C[C@H]1C[C@@]1(CC(=O)c1cc2cc(Br)ccc2[nH]1)c1cnn(C)c1. The predicted molar refractivity (Wildman–Crippen MR) is 187 cm³/mol. The maximum absolute atomic E-state index is 12.8. The molecule has 8 nitrogen and oxygen atoms in total. The van der Waals surface area contributed by atoms with Crippen LogP contribution in [0.4, 0.5) is 0 Å². The van der Waals surface area contributed by atoms with E-state index in [1.54, 1.807) is 0 Å². The lowest BCUT2D eigenvalue weighted by Gasteiger charge is -2.13. The number of ketones is 2. The summed E-state index contributed by atoms with van der Waals surface area (Å²) in [6, 6.07) is 15.9. The number of nitrogens with one attached hydrogen (secondary N) is 2. The summed E-state index contributed by atoms with van der Waals surface area (Å²) in [6.45, 7) is 4.42. The Balaban J connectivity index is 0.000000147. The lowest BCUT2D eigenvalue weighted by molar-refractivity contribution is 0.0955. The maximum Gasteiger partial charge on any atom is 0.179 e. The summed E-state index contributed by atoms with van der Waals surface area (Å²) in [7, 11) is 3.84. The van der Waals surface area contributed by atoms with Gasteiger partial charge >= 0.3 is 0 Å². The van der Waals surface area contributed by atoms with E-state index in [2.05, 4.69) is 65.9 Å². The van der Waals surface area contributed by atoms with Gasteiger partial charge in [-0.25, -0.2) is 0 Å². The molecule has 4 atom stereocenters. The number of carbonyl (C=O) groups is 2. The second-order valence-corrected chi connectivity index (χ2v) is 15.2. The molecular weight excluding hydrogens is 708 g/mol.